The number of carbonyl (C=O) groups is 2. The molecule has 142 valence electrons. The van der Waals surface area contributed by atoms with Crippen molar-refractivity contribution in [2.75, 3.05) is 19.8 Å². The summed E-state index contributed by atoms with van der Waals surface area (Å²) in [5, 5.41) is 1.84. The van der Waals surface area contributed by atoms with Gasteiger partial charge in [0.1, 0.15) is 18.1 Å². The number of hydrogen-bond donors (Lipinski definition) is 0. The quantitative estimate of drug-likeness (QED) is 0.470. The molecule has 1 aromatic heterocycles. The van der Waals surface area contributed by atoms with Crippen LogP contribution in [0.4, 0.5) is 0 Å². The minimum Gasteiger partial charge on any atom is -0.486 e. The third kappa shape index (κ3) is 3.77. The third-order valence-corrected chi connectivity index (χ3v) is 5.31. The van der Waals surface area contributed by atoms with Gasteiger partial charge in [-0.1, -0.05) is 29.8 Å². The summed E-state index contributed by atoms with van der Waals surface area (Å²) in [5.41, 5.74) is 3.31. The molecule has 0 spiro atoms. The van der Waals surface area contributed by atoms with Crippen LogP contribution in [0.3, 0.4) is 0 Å². The molecule has 28 heavy (non-hydrogen) atoms. The molecule has 0 amide bonds. The zero-order valence-electron chi connectivity index (χ0n) is 15.3. The molecule has 1 aliphatic heterocycles. The Bertz CT molecular complexity index is 1020. The highest BCUT2D eigenvalue weighted by molar-refractivity contribution is 7.12. The second kappa shape index (κ2) is 7.86. The molecule has 5 nitrogen and oxygen atoms in total. The molecule has 0 unspecified atom stereocenters. The summed E-state index contributed by atoms with van der Waals surface area (Å²) in [6, 6.07) is 14.8. The van der Waals surface area contributed by atoms with E-state index in [1.807, 2.05) is 42.6 Å². The van der Waals surface area contributed by atoms with Crippen LogP contribution in [0.5, 0.6) is 11.5 Å². The second-order valence-corrected chi connectivity index (χ2v) is 7.30. The van der Waals surface area contributed by atoms with Crippen LogP contribution in [-0.4, -0.2) is 31.6 Å². The minimum atomic E-state index is -0.503. The summed E-state index contributed by atoms with van der Waals surface area (Å²) in [6.07, 6.45) is 0. The summed E-state index contributed by atoms with van der Waals surface area (Å²) in [4.78, 5) is 25.4. The highest BCUT2D eigenvalue weighted by Crippen LogP contribution is 2.31. The molecule has 0 atom stereocenters. The molecule has 2 aromatic carbocycles. The number of hydrogen-bond acceptors (Lipinski definition) is 6. The van der Waals surface area contributed by atoms with Crippen LogP contribution in [0.15, 0.2) is 53.9 Å². The first kappa shape index (κ1) is 18.3. The predicted molar refractivity (Wildman–Crippen MR) is 107 cm³/mol. The zero-order chi connectivity index (χ0) is 19.5. The van der Waals surface area contributed by atoms with E-state index in [1.54, 1.807) is 18.2 Å². The first-order chi connectivity index (χ1) is 13.6. The van der Waals surface area contributed by atoms with Gasteiger partial charge in [-0.05, 0) is 42.1 Å². The molecule has 4 rings (SSSR count). The fourth-order valence-electron chi connectivity index (χ4n) is 2.92. The first-order valence-corrected chi connectivity index (χ1v) is 9.74. The number of rotatable bonds is 5. The number of aryl methyl sites for hydroxylation is 1. The summed E-state index contributed by atoms with van der Waals surface area (Å²) < 4.78 is 16.2. The molecule has 0 fully saturated rings. The lowest BCUT2D eigenvalue weighted by Crippen LogP contribution is -2.17. The van der Waals surface area contributed by atoms with Gasteiger partial charge in [0, 0.05) is 11.1 Å². The normalized spacial score (nSPS) is 12.5. The summed E-state index contributed by atoms with van der Waals surface area (Å²) in [7, 11) is 0. The number of ether oxygens (including phenoxy) is 3. The monoisotopic (exact) mass is 394 g/mol. The minimum absolute atomic E-state index is 0.293. The molecular weight excluding hydrogens is 376 g/mol. The van der Waals surface area contributed by atoms with Gasteiger partial charge in [-0.25, -0.2) is 4.79 Å². The molecule has 0 N–H and O–H groups in total. The van der Waals surface area contributed by atoms with Crippen LogP contribution in [0, 0.1) is 6.92 Å². The highest BCUT2D eigenvalue weighted by atomic mass is 32.1. The van der Waals surface area contributed by atoms with Crippen molar-refractivity contribution in [2.24, 2.45) is 0 Å². The van der Waals surface area contributed by atoms with E-state index in [-0.39, 0.29) is 12.4 Å². The average Bonchev–Trinajstić information content (AvgIpc) is 3.22. The number of ketones is 1. The number of esters is 1. The van der Waals surface area contributed by atoms with Crippen molar-refractivity contribution in [3.8, 4) is 22.6 Å². The molecule has 6 heteroatoms. The number of Topliss-reactive ketones (excluding diaryl/α,β-unsaturated/α-hetero) is 1. The highest BCUT2D eigenvalue weighted by Gasteiger charge is 2.19. The van der Waals surface area contributed by atoms with Gasteiger partial charge in [0.2, 0.25) is 0 Å². The van der Waals surface area contributed by atoms with Crippen LogP contribution in [0.25, 0.3) is 11.1 Å². The van der Waals surface area contributed by atoms with Crippen molar-refractivity contribution in [2.45, 2.75) is 6.92 Å². The molecule has 0 radical (unpaired) electrons. The number of thiophene rings is 1. The van der Waals surface area contributed by atoms with E-state index in [0.29, 0.717) is 35.2 Å². The Morgan fingerprint density at radius 3 is 2.54 bits per heavy atom. The maximum Gasteiger partial charge on any atom is 0.349 e. The molecule has 0 saturated carbocycles. The Balaban J connectivity index is 1.44. The van der Waals surface area contributed by atoms with Crippen molar-refractivity contribution >= 4 is 23.1 Å². The molecule has 2 heterocycles. The lowest BCUT2D eigenvalue weighted by molar-refractivity contribution is 0.0480. The van der Waals surface area contributed by atoms with Crippen molar-refractivity contribution < 1.29 is 23.8 Å². The standard InChI is InChI=1S/C22H18O5S/c1-14-2-4-15(5-3-14)17-8-11-28-21(17)22(24)27-13-18(23)16-6-7-19-20(12-16)26-10-9-25-19/h2-8,11-12H,9-10,13H2,1H3. The van der Waals surface area contributed by atoms with Gasteiger partial charge < -0.3 is 14.2 Å². The van der Waals surface area contributed by atoms with Crippen LogP contribution in [-0.2, 0) is 4.74 Å². The van der Waals surface area contributed by atoms with Gasteiger partial charge in [-0.15, -0.1) is 11.3 Å². The molecule has 1 aliphatic rings. The van der Waals surface area contributed by atoms with Gasteiger partial charge in [0.05, 0.1) is 0 Å². The van der Waals surface area contributed by atoms with E-state index in [9.17, 15) is 9.59 Å². The maximum atomic E-state index is 12.5. The summed E-state index contributed by atoms with van der Waals surface area (Å²) in [5.74, 6) is 0.347. The zero-order valence-corrected chi connectivity index (χ0v) is 16.1. The molecule has 0 aliphatic carbocycles. The van der Waals surface area contributed by atoms with E-state index >= 15 is 0 Å². The summed E-state index contributed by atoms with van der Waals surface area (Å²) >= 11 is 1.30. The van der Waals surface area contributed by atoms with Crippen LogP contribution >= 0.6 is 11.3 Å². The van der Waals surface area contributed by atoms with E-state index < -0.39 is 5.97 Å². The lowest BCUT2D eigenvalue weighted by atomic mass is 10.1. The molecular formula is C22H18O5S. The molecule has 0 saturated heterocycles. The largest absolute Gasteiger partial charge is 0.486 e. The van der Waals surface area contributed by atoms with E-state index in [1.165, 1.54) is 11.3 Å². The van der Waals surface area contributed by atoms with Gasteiger partial charge in [-0.2, -0.15) is 0 Å². The van der Waals surface area contributed by atoms with E-state index in [4.69, 9.17) is 14.2 Å². The van der Waals surface area contributed by atoms with E-state index in [2.05, 4.69) is 0 Å². The molecule has 3 aromatic rings. The fraction of sp³-hybridized carbons (Fsp3) is 0.182. The van der Waals surface area contributed by atoms with Crippen molar-refractivity contribution in [1.29, 1.82) is 0 Å². The van der Waals surface area contributed by atoms with Crippen LogP contribution < -0.4 is 9.47 Å². The third-order valence-electron chi connectivity index (χ3n) is 4.41. The molecule has 0 bridgehead atoms. The Kier molecular flexibility index (Phi) is 5.12. The van der Waals surface area contributed by atoms with Gasteiger partial charge in [0.15, 0.2) is 23.9 Å². The number of carbonyl (C=O) groups excluding carboxylic acids is 2. The Hall–Kier alpha value is -3.12. The first-order valence-electron chi connectivity index (χ1n) is 8.86. The van der Waals surface area contributed by atoms with Crippen molar-refractivity contribution in [3.05, 3.63) is 69.9 Å². The van der Waals surface area contributed by atoms with Crippen LogP contribution in [0.1, 0.15) is 25.6 Å². The predicted octanol–water partition coefficient (Wildman–Crippen LogP) is 4.53. The van der Waals surface area contributed by atoms with Crippen molar-refractivity contribution in [3.63, 3.8) is 0 Å². The average molecular weight is 394 g/mol. The Morgan fingerprint density at radius 1 is 1.00 bits per heavy atom. The van der Waals surface area contributed by atoms with Crippen LogP contribution in [0.2, 0.25) is 0 Å². The van der Waals surface area contributed by atoms with E-state index in [0.717, 1.165) is 16.7 Å². The maximum absolute atomic E-state index is 12.5. The van der Waals surface area contributed by atoms with Crippen molar-refractivity contribution in [1.82, 2.24) is 0 Å². The Labute approximate surface area is 166 Å². The van der Waals surface area contributed by atoms with Gasteiger partial charge in [0.25, 0.3) is 0 Å². The smallest absolute Gasteiger partial charge is 0.349 e. The summed E-state index contributed by atoms with van der Waals surface area (Å²) in [6.45, 7) is 2.61. The topological polar surface area (TPSA) is 61.8 Å². The number of benzene rings is 2. The SMILES string of the molecule is Cc1ccc(-c2ccsc2C(=O)OCC(=O)c2ccc3c(c2)OCCO3)cc1. The Morgan fingerprint density at radius 2 is 1.75 bits per heavy atom. The second-order valence-electron chi connectivity index (χ2n) is 6.39. The van der Waals surface area contributed by atoms with Gasteiger partial charge >= 0.3 is 5.97 Å². The number of fused-ring (bicyclic) bond motifs is 1. The van der Waals surface area contributed by atoms with Gasteiger partial charge in [-0.3, -0.25) is 4.79 Å². The lowest BCUT2D eigenvalue weighted by Gasteiger charge is -2.18. The fourth-order valence-corrected chi connectivity index (χ4v) is 3.73.